The minimum absolute atomic E-state index is 0.0479. The summed E-state index contributed by atoms with van der Waals surface area (Å²) in [7, 11) is 0. The summed E-state index contributed by atoms with van der Waals surface area (Å²) in [6.07, 6.45) is 2.22. The van der Waals surface area contributed by atoms with Gasteiger partial charge in [-0.3, -0.25) is 9.59 Å². The molecule has 0 bridgehead atoms. The molecule has 3 aromatic rings. The molecule has 0 unspecified atom stereocenters. The quantitative estimate of drug-likeness (QED) is 0.431. The lowest BCUT2D eigenvalue weighted by Crippen LogP contribution is -2.43. The van der Waals surface area contributed by atoms with E-state index in [9.17, 15) is 9.59 Å². The van der Waals surface area contributed by atoms with Crippen LogP contribution in [0.15, 0.2) is 72.1 Å². The number of carbonyl (C=O) groups excluding carboxylic acids is 2. The Labute approximate surface area is 192 Å². The smallest absolute Gasteiger partial charge is 0.254 e. The van der Waals surface area contributed by atoms with E-state index in [4.69, 9.17) is 11.6 Å². The van der Waals surface area contributed by atoms with Crippen molar-refractivity contribution >= 4 is 34.8 Å². The van der Waals surface area contributed by atoms with Crippen LogP contribution in [0, 0.1) is 5.92 Å². The van der Waals surface area contributed by atoms with Gasteiger partial charge in [-0.25, -0.2) is 0 Å². The number of carbonyl (C=O) groups is 2. The number of halogens is 1. The van der Waals surface area contributed by atoms with Gasteiger partial charge in [-0.2, -0.15) is 0 Å². The molecule has 0 atom stereocenters. The number of amides is 2. The van der Waals surface area contributed by atoms with Crippen LogP contribution in [-0.4, -0.2) is 34.7 Å². The van der Waals surface area contributed by atoms with Crippen LogP contribution in [0.5, 0.6) is 0 Å². The lowest BCUT2D eigenvalue weighted by atomic mass is 10.1. The van der Waals surface area contributed by atoms with Crippen LogP contribution in [0.25, 0.3) is 0 Å². The van der Waals surface area contributed by atoms with Crippen molar-refractivity contribution in [2.24, 2.45) is 5.92 Å². The third-order valence-electron chi connectivity index (χ3n) is 5.36. The number of hydrogen-bond acceptors (Lipinski definition) is 3. The average Bonchev–Trinajstić information content (AvgIpc) is 3.45. The number of benzene rings is 2. The molecule has 1 aliphatic carbocycles. The number of thiophene rings is 1. The normalized spacial score (nSPS) is 13.1. The molecule has 0 radical (unpaired) electrons. The van der Waals surface area contributed by atoms with Gasteiger partial charge >= 0.3 is 0 Å². The highest BCUT2D eigenvalue weighted by atomic mass is 35.5. The van der Waals surface area contributed by atoms with Gasteiger partial charge in [0.05, 0.1) is 6.54 Å². The van der Waals surface area contributed by atoms with Gasteiger partial charge in [0.1, 0.15) is 6.54 Å². The molecule has 0 saturated heterocycles. The molecule has 1 saturated carbocycles. The highest BCUT2D eigenvalue weighted by Gasteiger charge is 2.30. The Kier molecular flexibility index (Phi) is 7.05. The van der Waals surface area contributed by atoms with Crippen LogP contribution in [0.1, 0.15) is 33.6 Å². The first-order valence-corrected chi connectivity index (χ1v) is 11.7. The fourth-order valence-corrected chi connectivity index (χ4v) is 4.44. The Morgan fingerprint density at radius 1 is 0.935 bits per heavy atom. The number of nitrogens with zero attached hydrogens (tertiary/aromatic N) is 2. The first-order chi connectivity index (χ1) is 15.1. The lowest BCUT2D eigenvalue weighted by Gasteiger charge is -2.28. The highest BCUT2D eigenvalue weighted by Crippen LogP contribution is 2.30. The van der Waals surface area contributed by atoms with E-state index in [-0.39, 0.29) is 18.4 Å². The molecule has 4 rings (SSSR count). The third kappa shape index (κ3) is 6.18. The molecule has 1 aliphatic rings. The van der Waals surface area contributed by atoms with Crippen molar-refractivity contribution in [1.29, 1.82) is 0 Å². The van der Waals surface area contributed by atoms with Gasteiger partial charge in [-0.15, -0.1) is 11.3 Å². The average molecular weight is 453 g/mol. The standard InChI is InChI=1S/C25H25ClN2O2S/c26-22-9-4-8-21(14-22)25(30)28(16-20-11-12-20)18-24(29)27(17-23-10-5-13-31-23)15-19-6-2-1-3-7-19/h1-10,13-14,20H,11-12,15-18H2. The zero-order valence-electron chi connectivity index (χ0n) is 17.2. The molecule has 6 heteroatoms. The SMILES string of the molecule is O=C(CN(CC1CC1)C(=O)c1cccc(Cl)c1)N(Cc1ccccc1)Cc1cccs1. The van der Waals surface area contributed by atoms with E-state index in [0.29, 0.717) is 36.1 Å². The molecule has 1 aromatic heterocycles. The topological polar surface area (TPSA) is 40.6 Å². The van der Waals surface area contributed by atoms with E-state index >= 15 is 0 Å². The molecule has 2 aromatic carbocycles. The van der Waals surface area contributed by atoms with Crippen LogP contribution in [-0.2, 0) is 17.9 Å². The highest BCUT2D eigenvalue weighted by molar-refractivity contribution is 7.09. The summed E-state index contributed by atoms with van der Waals surface area (Å²) in [6, 6.07) is 20.9. The van der Waals surface area contributed by atoms with Crippen LogP contribution >= 0.6 is 22.9 Å². The van der Waals surface area contributed by atoms with Gasteiger partial charge in [-0.1, -0.05) is 54.1 Å². The van der Waals surface area contributed by atoms with Gasteiger partial charge in [0.15, 0.2) is 0 Å². The maximum absolute atomic E-state index is 13.4. The van der Waals surface area contributed by atoms with Crippen molar-refractivity contribution < 1.29 is 9.59 Å². The lowest BCUT2D eigenvalue weighted by molar-refractivity contribution is -0.133. The predicted molar refractivity (Wildman–Crippen MR) is 125 cm³/mol. The summed E-state index contributed by atoms with van der Waals surface area (Å²) < 4.78 is 0. The number of rotatable bonds is 9. The second kappa shape index (κ2) is 10.1. The van der Waals surface area contributed by atoms with E-state index in [1.807, 2.05) is 52.7 Å². The van der Waals surface area contributed by atoms with E-state index in [0.717, 1.165) is 23.3 Å². The van der Waals surface area contributed by atoms with Crippen LogP contribution in [0.2, 0.25) is 5.02 Å². The fraction of sp³-hybridized carbons (Fsp3) is 0.280. The molecule has 0 spiro atoms. The summed E-state index contributed by atoms with van der Waals surface area (Å²) >= 11 is 7.73. The molecule has 0 aliphatic heterocycles. The Morgan fingerprint density at radius 3 is 2.42 bits per heavy atom. The molecular formula is C25H25ClN2O2S. The zero-order valence-corrected chi connectivity index (χ0v) is 18.8. The Balaban J connectivity index is 1.52. The molecule has 0 N–H and O–H groups in total. The van der Waals surface area contributed by atoms with Gasteiger partial charge < -0.3 is 9.80 Å². The van der Waals surface area contributed by atoms with Crippen molar-refractivity contribution in [3.8, 4) is 0 Å². The summed E-state index contributed by atoms with van der Waals surface area (Å²) in [5, 5.41) is 2.54. The monoisotopic (exact) mass is 452 g/mol. The molecule has 160 valence electrons. The summed E-state index contributed by atoms with van der Waals surface area (Å²) in [5.74, 6) is 0.294. The molecule has 4 nitrogen and oxygen atoms in total. The van der Waals surface area contributed by atoms with Crippen LogP contribution in [0.3, 0.4) is 0 Å². The predicted octanol–water partition coefficient (Wildman–Crippen LogP) is 5.48. The molecule has 2 amide bonds. The first kappa shape index (κ1) is 21.6. The summed E-state index contributed by atoms with van der Waals surface area (Å²) in [5.41, 5.74) is 1.59. The maximum atomic E-state index is 13.4. The molecule has 1 heterocycles. The molecule has 31 heavy (non-hydrogen) atoms. The van der Waals surface area contributed by atoms with Gasteiger partial charge in [0.2, 0.25) is 5.91 Å². The maximum Gasteiger partial charge on any atom is 0.254 e. The fourth-order valence-electron chi connectivity index (χ4n) is 3.53. The van der Waals surface area contributed by atoms with Crippen LogP contribution < -0.4 is 0 Å². The van der Waals surface area contributed by atoms with Crippen molar-refractivity contribution in [2.75, 3.05) is 13.1 Å². The number of hydrogen-bond donors (Lipinski definition) is 0. The molecule has 1 fully saturated rings. The van der Waals surface area contributed by atoms with Crippen LogP contribution in [0.4, 0.5) is 0 Å². The third-order valence-corrected chi connectivity index (χ3v) is 6.45. The van der Waals surface area contributed by atoms with E-state index in [2.05, 4.69) is 0 Å². The van der Waals surface area contributed by atoms with Crippen molar-refractivity contribution in [3.05, 3.63) is 93.1 Å². The summed E-state index contributed by atoms with van der Waals surface area (Å²) in [4.78, 5) is 31.2. The first-order valence-electron chi connectivity index (χ1n) is 10.5. The Bertz CT molecular complexity index is 1020. The minimum atomic E-state index is -0.140. The van der Waals surface area contributed by atoms with E-state index < -0.39 is 0 Å². The Hall–Kier alpha value is -2.63. The Morgan fingerprint density at radius 2 is 1.74 bits per heavy atom. The second-order valence-electron chi connectivity index (χ2n) is 7.95. The second-order valence-corrected chi connectivity index (χ2v) is 9.42. The summed E-state index contributed by atoms with van der Waals surface area (Å²) in [6.45, 7) is 1.73. The van der Waals surface area contributed by atoms with Crippen molar-refractivity contribution in [1.82, 2.24) is 9.80 Å². The molecular weight excluding hydrogens is 428 g/mol. The zero-order chi connectivity index (χ0) is 21.6. The van der Waals surface area contributed by atoms with Gasteiger partial charge in [-0.05, 0) is 54.0 Å². The van der Waals surface area contributed by atoms with E-state index in [1.54, 1.807) is 40.5 Å². The van der Waals surface area contributed by atoms with Gasteiger partial charge in [0.25, 0.3) is 5.91 Å². The van der Waals surface area contributed by atoms with Crippen molar-refractivity contribution in [2.45, 2.75) is 25.9 Å². The van der Waals surface area contributed by atoms with E-state index in [1.165, 1.54) is 0 Å². The van der Waals surface area contributed by atoms with Gasteiger partial charge in [0, 0.05) is 28.6 Å². The largest absolute Gasteiger partial charge is 0.332 e. The minimum Gasteiger partial charge on any atom is -0.332 e. The van der Waals surface area contributed by atoms with Crippen molar-refractivity contribution in [3.63, 3.8) is 0 Å².